The Morgan fingerprint density at radius 3 is 2.93 bits per heavy atom. The molecule has 2 aromatic rings. The minimum atomic E-state index is -0.106. The summed E-state index contributed by atoms with van der Waals surface area (Å²) in [5.74, 6) is 0. The van der Waals surface area contributed by atoms with Gasteiger partial charge in [0.25, 0.3) is 5.56 Å². The monoisotopic (exact) mass is 203 g/mol. The van der Waals surface area contributed by atoms with Gasteiger partial charge in [0.05, 0.1) is 17.2 Å². The Hall–Kier alpha value is -1.68. The Bertz CT molecular complexity index is 531. The zero-order valence-corrected chi connectivity index (χ0v) is 8.55. The zero-order chi connectivity index (χ0) is 10.8. The number of nitrogens with zero attached hydrogens (tertiary/aromatic N) is 2. The number of nitrogens with two attached hydrogens (primary N) is 1. The van der Waals surface area contributed by atoms with E-state index in [2.05, 4.69) is 4.98 Å². The molecular weight excluding hydrogens is 190 g/mol. The molecule has 0 aliphatic heterocycles. The molecule has 4 heteroatoms. The van der Waals surface area contributed by atoms with Gasteiger partial charge in [-0.3, -0.25) is 4.79 Å². The lowest BCUT2D eigenvalue weighted by molar-refractivity contribution is 0.588. The molecule has 1 heterocycles. The lowest BCUT2D eigenvalue weighted by Crippen LogP contribution is -2.30. The fourth-order valence-electron chi connectivity index (χ4n) is 1.59. The van der Waals surface area contributed by atoms with E-state index in [4.69, 9.17) is 5.73 Å². The Morgan fingerprint density at radius 1 is 1.47 bits per heavy atom. The highest BCUT2D eigenvalue weighted by Gasteiger charge is 2.04. The number of benzene rings is 1. The molecule has 0 fully saturated rings. The highest BCUT2D eigenvalue weighted by molar-refractivity contribution is 5.74. The third-order valence-electron chi connectivity index (χ3n) is 2.22. The van der Waals surface area contributed by atoms with E-state index in [1.54, 1.807) is 4.57 Å². The summed E-state index contributed by atoms with van der Waals surface area (Å²) in [5, 5.41) is 0. The summed E-state index contributed by atoms with van der Waals surface area (Å²) in [6.07, 6.45) is 1.34. The third kappa shape index (κ3) is 1.89. The van der Waals surface area contributed by atoms with Gasteiger partial charge in [-0.25, -0.2) is 4.98 Å². The van der Waals surface area contributed by atoms with Crippen LogP contribution in [0.4, 0.5) is 0 Å². The number of aromatic nitrogens is 2. The minimum absolute atomic E-state index is 0.0477. The fraction of sp³-hybridized carbons (Fsp3) is 0.273. The van der Waals surface area contributed by atoms with E-state index in [1.807, 2.05) is 31.2 Å². The van der Waals surface area contributed by atoms with Gasteiger partial charge in [0.1, 0.15) is 0 Å². The molecule has 0 radical (unpaired) electrons. The standard InChI is InChI=1S/C11H13N3O/c1-8(12)7-14-10-5-3-2-4-9(10)13-6-11(14)15/h2-6,8H,7,12H2,1H3/t8-/m1/s1. The van der Waals surface area contributed by atoms with Gasteiger partial charge in [-0.1, -0.05) is 12.1 Å². The molecule has 0 saturated heterocycles. The molecule has 0 aliphatic rings. The van der Waals surface area contributed by atoms with Crippen molar-refractivity contribution in [2.24, 2.45) is 5.73 Å². The SMILES string of the molecule is C[C@@H](N)Cn1c(=O)cnc2ccccc21. The summed E-state index contributed by atoms with van der Waals surface area (Å²) in [5.41, 5.74) is 7.25. The van der Waals surface area contributed by atoms with Crippen LogP contribution < -0.4 is 11.3 Å². The lowest BCUT2D eigenvalue weighted by atomic mass is 10.2. The fourth-order valence-corrected chi connectivity index (χ4v) is 1.59. The van der Waals surface area contributed by atoms with Crippen LogP contribution in [0.15, 0.2) is 35.3 Å². The summed E-state index contributed by atoms with van der Waals surface area (Å²) < 4.78 is 1.66. The van der Waals surface area contributed by atoms with Crippen molar-refractivity contribution >= 4 is 11.0 Å². The van der Waals surface area contributed by atoms with Crippen molar-refractivity contribution < 1.29 is 0 Å². The van der Waals surface area contributed by atoms with Gasteiger partial charge in [-0.15, -0.1) is 0 Å². The third-order valence-corrected chi connectivity index (χ3v) is 2.22. The highest BCUT2D eigenvalue weighted by atomic mass is 16.1. The first kappa shape index (κ1) is 9.86. The maximum atomic E-state index is 11.6. The Balaban J connectivity index is 2.68. The van der Waals surface area contributed by atoms with E-state index >= 15 is 0 Å². The van der Waals surface area contributed by atoms with Crippen molar-refractivity contribution in [1.82, 2.24) is 9.55 Å². The predicted molar refractivity (Wildman–Crippen MR) is 59.7 cm³/mol. The summed E-state index contributed by atoms with van der Waals surface area (Å²) in [7, 11) is 0. The number of fused-ring (bicyclic) bond motifs is 1. The average Bonchev–Trinajstić information content (AvgIpc) is 2.22. The Labute approximate surface area is 87.4 Å². The van der Waals surface area contributed by atoms with Crippen molar-refractivity contribution in [3.8, 4) is 0 Å². The van der Waals surface area contributed by atoms with Gasteiger partial charge < -0.3 is 10.3 Å². The van der Waals surface area contributed by atoms with Gasteiger partial charge in [-0.2, -0.15) is 0 Å². The number of hydrogen-bond donors (Lipinski definition) is 1. The van der Waals surface area contributed by atoms with Gasteiger partial charge in [0.2, 0.25) is 0 Å². The maximum absolute atomic E-state index is 11.6. The molecule has 2 rings (SSSR count). The molecule has 0 amide bonds. The molecule has 0 aliphatic carbocycles. The topological polar surface area (TPSA) is 60.9 Å². The highest BCUT2D eigenvalue weighted by Crippen LogP contribution is 2.08. The van der Waals surface area contributed by atoms with E-state index in [-0.39, 0.29) is 11.6 Å². The van der Waals surface area contributed by atoms with E-state index < -0.39 is 0 Å². The van der Waals surface area contributed by atoms with E-state index in [1.165, 1.54) is 6.20 Å². The predicted octanol–water partition coefficient (Wildman–Crippen LogP) is 0.744. The molecule has 1 atom stereocenters. The first-order valence-electron chi connectivity index (χ1n) is 4.88. The van der Waals surface area contributed by atoms with Gasteiger partial charge in [0, 0.05) is 12.6 Å². The first-order valence-corrected chi connectivity index (χ1v) is 4.88. The average molecular weight is 203 g/mol. The molecular formula is C11H13N3O. The van der Waals surface area contributed by atoms with E-state index in [0.29, 0.717) is 6.54 Å². The van der Waals surface area contributed by atoms with Gasteiger partial charge in [-0.05, 0) is 19.1 Å². The molecule has 0 saturated carbocycles. The molecule has 1 aromatic carbocycles. The molecule has 4 nitrogen and oxygen atoms in total. The largest absolute Gasteiger partial charge is 0.326 e. The molecule has 2 N–H and O–H groups in total. The maximum Gasteiger partial charge on any atom is 0.269 e. The summed E-state index contributed by atoms with van der Waals surface area (Å²) in [4.78, 5) is 15.7. The summed E-state index contributed by atoms with van der Waals surface area (Å²) >= 11 is 0. The minimum Gasteiger partial charge on any atom is -0.326 e. The molecule has 15 heavy (non-hydrogen) atoms. The second kappa shape index (κ2) is 3.82. The van der Waals surface area contributed by atoms with Crippen molar-refractivity contribution in [3.05, 3.63) is 40.8 Å². The van der Waals surface area contributed by atoms with Gasteiger partial charge in [0.15, 0.2) is 0 Å². The van der Waals surface area contributed by atoms with Crippen LogP contribution in [-0.2, 0) is 6.54 Å². The molecule has 78 valence electrons. The van der Waals surface area contributed by atoms with E-state index in [9.17, 15) is 4.79 Å². The Morgan fingerprint density at radius 2 is 2.20 bits per heavy atom. The van der Waals surface area contributed by atoms with Crippen molar-refractivity contribution in [2.45, 2.75) is 19.5 Å². The number of rotatable bonds is 2. The Kier molecular flexibility index (Phi) is 2.51. The second-order valence-electron chi connectivity index (χ2n) is 3.67. The normalized spacial score (nSPS) is 12.9. The van der Waals surface area contributed by atoms with Crippen molar-refractivity contribution in [2.75, 3.05) is 0 Å². The van der Waals surface area contributed by atoms with Crippen LogP contribution in [-0.4, -0.2) is 15.6 Å². The van der Waals surface area contributed by atoms with E-state index in [0.717, 1.165) is 11.0 Å². The summed E-state index contributed by atoms with van der Waals surface area (Å²) in [6.45, 7) is 2.39. The van der Waals surface area contributed by atoms with Crippen LogP contribution in [0.5, 0.6) is 0 Å². The molecule has 1 aromatic heterocycles. The number of hydrogen-bond acceptors (Lipinski definition) is 3. The molecule has 0 spiro atoms. The lowest BCUT2D eigenvalue weighted by Gasteiger charge is -2.11. The zero-order valence-electron chi connectivity index (χ0n) is 8.55. The van der Waals surface area contributed by atoms with Crippen LogP contribution >= 0.6 is 0 Å². The second-order valence-corrected chi connectivity index (χ2v) is 3.67. The number of para-hydroxylation sites is 2. The van der Waals surface area contributed by atoms with Crippen molar-refractivity contribution in [3.63, 3.8) is 0 Å². The molecule has 0 bridgehead atoms. The first-order chi connectivity index (χ1) is 7.18. The van der Waals surface area contributed by atoms with Crippen molar-refractivity contribution in [1.29, 1.82) is 0 Å². The van der Waals surface area contributed by atoms with Crippen LogP contribution in [0.25, 0.3) is 11.0 Å². The molecule has 0 unspecified atom stereocenters. The smallest absolute Gasteiger partial charge is 0.269 e. The van der Waals surface area contributed by atoms with Crippen LogP contribution in [0.2, 0.25) is 0 Å². The van der Waals surface area contributed by atoms with Crippen LogP contribution in [0, 0.1) is 0 Å². The van der Waals surface area contributed by atoms with Gasteiger partial charge >= 0.3 is 0 Å². The van der Waals surface area contributed by atoms with Crippen LogP contribution in [0.3, 0.4) is 0 Å². The quantitative estimate of drug-likeness (QED) is 0.783. The van der Waals surface area contributed by atoms with Crippen LogP contribution in [0.1, 0.15) is 6.92 Å². The summed E-state index contributed by atoms with van der Waals surface area (Å²) in [6, 6.07) is 7.50.